The van der Waals surface area contributed by atoms with E-state index < -0.39 is 6.03 Å². The van der Waals surface area contributed by atoms with Crippen LogP contribution in [0.25, 0.3) is 0 Å². The number of quaternary nitrogens is 2. The van der Waals surface area contributed by atoms with Gasteiger partial charge in [-0.1, -0.05) is 60.2 Å². The molecule has 28 heavy (non-hydrogen) atoms. The largest absolute Gasteiger partial charge is 0.341 e. The van der Waals surface area contributed by atoms with E-state index in [1.165, 1.54) is 28.0 Å². The second-order valence-corrected chi connectivity index (χ2v) is 7.49. The molecule has 0 aromatic heterocycles. The first-order valence-corrected chi connectivity index (χ1v) is 9.88. The number of carbonyl (C=O) groups is 2. The maximum Gasteiger partial charge on any atom is 0.321 e. The molecule has 3 amide bonds. The van der Waals surface area contributed by atoms with Crippen LogP contribution in [-0.4, -0.2) is 45.2 Å². The third kappa shape index (κ3) is 5.18. The maximum absolute atomic E-state index is 12.8. The Morgan fingerprint density at radius 1 is 1.00 bits per heavy atom. The van der Waals surface area contributed by atoms with Crippen molar-refractivity contribution in [2.24, 2.45) is 0 Å². The van der Waals surface area contributed by atoms with E-state index in [2.05, 4.69) is 41.8 Å². The Hall–Kier alpha value is -2.70. The van der Waals surface area contributed by atoms with Gasteiger partial charge in [-0.05, 0) is 6.92 Å². The zero-order valence-electron chi connectivity index (χ0n) is 16.6. The van der Waals surface area contributed by atoms with E-state index in [-0.39, 0.29) is 11.9 Å². The summed E-state index contributed by atoms with van der Waals surface area (Å²) in [4.78, 5) is 27.2. The molecular formula is C22H30N4O2+2. The van der Waals surface area contributed by atoms with Crippen LogP contribution < -0.4 is 20.4 Å². The normalized spacial score (nSPS) is 20.2. The van der Waals surface area contributed by atoms with Gasteiger partial charge in [0.15, 0.2) is 6.04 Å². The fourth-order valence-electron chi connectivity index (χ4n) is 3.97. The molecule has 3 rings (SSSR count). The lowest BCUT2D eigenvalue weighted by Gasteiger charge is -2.34. The average molecular weight is 383 g/mol. The zero-order chi connectivity index (χ0) is 19.9. The number of carbonyl (C=O) groups excluding carboxylic acids is 2. The molecule has 6 heteroatoms. The summed E-state index contributed by atoms with van der Waals surface area (Å²) in [5.41, 5.74) is 3.59. The molecule has 0 unspecified atom stereocenters. The van der Waals surface area contributed by atoms with Crippen molar-refractivity contribution >= 4 is 11.9 Å². The van der Waals surface area contributed by atoms with Crippen LogP contribution in [0.2, 0.25) is 0 Å². The summed E-state index contributed by atoms with van der Waals surface area (Å²) in [5.74, 6) is -0.248. The van der Waals surface area contributed by atoms with Crippen molar-refractivity contribution in [2.45, 2.75) is 19.5 Å². The predicted molar refractivity (Wildman–Crippen MR) is 108 cm³/mol. The Kier molecular flexibility index (Phi) is 6.79. The van der Waals surface area contributed by atoms with Crippen LogP contribution in [0.3, 0.4) is 0 Å². The Labute approximate surface area is 166 Å². The molecule has 1 aliphatic heterocycles. The number of rotatable bonds is 5. The molecule has 0 spiro atoms. The first kappa shape index (κ1) is 20.0. The van der Waals surface area contributed by atoms with E-state index in [1.54, 1.807) is 0 Å². The number of piperazine rings is 1. The van der Waals surface area contributed by atoms with Crippen LogP contribution in [-0.2, 0) is 11.3 Å². The molecule has 1 fully saturated rings. The van der Waals surface area contributed by atoms with E-state index in [0.29, 0.717) is 0 Å². The average Bonchev–Trinajstić information content (AvgIpc) is 2.70. The lowest BCUT2D eigenvalue weighted by Crippen LogP contribution is -3.28. The Balaban J connectivity index is 1.67. The maximum atomic E-state index is 12.8. The number of aryl methyl sites for hydroxylation is 1. The summed E-state index contributed by atoms with van der Waals surface area (Å²) in [7, 11) is 1.51. The topological polar surface area (TPSA) is 67.1 Å². The highest BCUT2D eigenvalue weighted by Crippen LogP contribution is 2.10. The van der Waals surface area contributed by atoms with Gasteiger partial charge in [-0.15, -0.1) is 0 Å². The summed E-state index contributed by atoms with van der Waals surface area (Å²) in [6.07, 6.45) is 0. The molecule has 6 nitrogen and oxygen atoms in total. The minimum atomic E-state index is -0.464. The number of imide groups is 1. The number of urea groups is 1. The van der Waals surface area contributed by atoms with Gasteiger partial charge in [0.25, 0.3) is 5.91 Å². The highest BCUT2D eigenvalue weighted by molar-refractivity contribution is 5.96. The first-order chi connectivity index (χ1) is 13.6. The number of amides is 3. The molecule has 148 valence electrons. The zero-order valence-corrected chi connectivity index (χ0v) is 16.6. The van der Waals surface area contributed by atoms with Crippen LogP contribution in [0, 0.1) is 6.92 Å². The Morgan fingerprint density at radius 2 is 1.71 bits per heavy atom. The molecule has 1 saturated heterocycles. The standard InChI is InChI=1S/C22H28N4O2/c1-17-7-6-8-18(15-17)16-25-11-13-26(14-12-25)20(19-9-4-3-5-10-19)21(27)24-22(28)23-2/h3-10,15,20H,11-14,16H2,1-2H3,(H2,23,24,27,28)/p+2/t20-/m1/s1. The minimum Gasteiger partial charge on any atom is -0.341 e. The number of hydrogen-bond acceptors (Lipinski definition) is 2. The molecule has 0 aliphatic carbocycles. The number of hydrogen-bond donors (Lipinski definition) is 4. The molecule has 0 saturated carbocycles. The van der Waals surface area contributed by atoms with E-state index in [1.807, 2.05) is 30.3 Å². The van der Waals surface area contributed by atoms with Crippen LogP contribution in [0.5, 0.6) is 0 Å². The van der Waals surface area contributed by atoms with Crippen molar-refractivity contribution in [1.82, 2.24) is 10.6 Å². The summed E-state index contributed by atoms with van der Waals surface area (Å²) < 4.78 is 0. The Morgan fingerprint density at radius 3 is 2.36 bits per heavy atom. The molecule has 1 atom stereocenters. The predicted octanol–water partition coefficient (Wildman–Crippen LogP) is -0.525. The quantitative estimate of drug-likeness (QED) is 0.562. The van der Waals surface area contributed by atoms with Gasteiger partial charge >= 0.3 is 6.03 Å². The summed E-state index contributed by atoms with van der Waals surface area (Å²) in [6.45, 7) is 6.91. The molecule has 2 aromatic rings. The first-order valence-electron chi connectivity index (χ1n) is 9.88. The molecule has 1 heterocycles. The summed E-state index contributed by atoms with van der Waals surface area (Å²) in [6, 6.07) is 17.6. The molecule has 2 aromatic carbocycles. The van der Waals surface area contributed by atoms with Crippen molar-refractivity contribution < 1.29 is 19.4 Å². The molecule has 1 aliphatic rings. The van der Waals surface area contributed by atoms with Crippen molar-refractivity contribution in [3.8, 4) is 0 Å². The monoisotopic (exact) mass is 382 g/mol. The van der Waals surface area contributed by atoms with Crippen LogP contribution in [0.4, 0.5) is 4.79 Å². The summed E-state index contributed by atoms with van der Waals surface area (Å²) >= 11 is 0. The highest BCUT2D eigenvalue weighted by Gasteiger charge is 2.36. The fraction of sp³-hybridized carbons (Fsp3) is 0.364. The fourth-order valence-corrected chi connectivity index (χ4v) is 3.97. The highest BCUT2D eigenvalue weighted by atomic mass is 16.2. The third-order valence-corrected chi connectivity index (χ3v) is 5.40. The van der Waals surface area contributed by atoms with E-state index >= 15 is 0 Å². The number of nitrogens with one attached hydrogen (secondary N) is 4. The molecule has 0 radical (unpaired) electrons. The van der Waals surface area contributed by atoms with Gasteiger partial charge in [0.05, 0.1) is 0 Å². The minimum absolute atomic E-state index is 0.248. The van der Waals surface area contributed by atoms with Gasteiger partial charge in [0, 0.05) is 18.2 Å². The van der Waals surface area contributed by atoms with E-state index in [0.717, 1.165) is 38.3 Å². The van der Waals surface area contributed by atoms with Gasteiger partial charge in [0.1, 0.15) is 32.7 Å². The smallest absolute Gasteiger partial charge is 0.321 e. The van der Waals surface area contributed by atoms with Gasteiger partial charge in [-0.25, -0.2) is 4.79 Å². The van der Waals surface area contributed by atoms with Gasteiger partial charge < -0.3 is 15.1 Å². The van der Waals surface area contributed by atoms with Gasteiger partial charge in [-0.2, -0.15) is 0 Å². The van der Waals surface area contributed by atoms with Crippen molar-refractivity contribution in [1.29, 1.82) is 0 Å². The molecule has 4 N–H and O–H groups in total. The number of benzene rings is 2. The van der Waals surface area contributed by atoms with Gasteiger partial charge in [-0.3, -0.25) is 10.1 Å². The van der Waals surface area contributed by atoms with E-state index in [4.69, 9.17) is 0 Å². The van der Waals surface area contributed by atoms with Gasteiger partial charge in [0.2, 0.25) is 0 Å². The summed E-state index contributed by atoms with van der Waals surface area (Å²) in [5, 5.41) is 4.93. The Bertz CT molecular complexity index is 801. The van der Waals surface area contributed by atoms with Crippen LogP contribution in [0.15, 0.2) is 54.6 Å². The lowest BCUT2D eigenvalue weighted by atomic mass is 10.0. The van der Waals surface area contributed by atoms with Crippen molar-refractivity contribution in [3.05, 3.63) is 71.3 Å². The van der Waals surface area contributed by atoms with Crippen LogP contribution >= 0.6 is 0 Å². The van der Waals surface area contributed by atoms with Crippen molar-refractivity contribution in [2.75, 3.05) is 33.2 Å². The SMILES string of the molecule is CNC(=O)NC(=O)[C@@H](c1ccccc1)[NH+]1CC[NH+](Cc2cccc(C)c2)CC1. The molecular weight excluding hydrogens is 352 g/mol. The molecule has 0 bridgehead atoms. The second-order valence-electron chi connectivity index (χ2n) is 7.49. The van der Waals surface area contributed by atoms with Crippen LogP contribution in [0.1, 0.15) is 22.7 Å². The second kappa shape index (κ2) is 9.48. The lowest BCUT2D eigenvalue weighted by molar-refractivity contribution is -1.03. The van der Waals surface area contributed by atoms with E-state index in [9.17, 15) is 9.59 Å². The third-order valence-electron chi connectivity index (χ3n) is 5.40. The van der Waals surface area contributed by atoms with Crippen molar-refractivity contribution in [3.63, 3.8) is 0 Å².